The minimum absolute atomic E-state index is 0.0430. The summed E-state index contributed by atoms with van der Waals surface area (Å²) in [6.07, 6.45) is -5.90. The van der Waals surface area contributed by atoms with E-state index in [2.05, 4.69) is 15.2 Å². The van der Waals surface area contributed by atoms with E-state index in [0.717, 1.165) is 4.31 Å². The molecule has 1 aromatic heterocycles. The average Bonchev–Trinajstić information content (AvgIpc) is 3.26. The summed E-state index contributed by atoms with van der Waals surface area (Å²) in [5.74, 6) is -1.21. The van der Waals surface area contributed by atoms with E-state index in [0.29, 0.717) is 20.4 Å². The molecule has 2 aromatic rings. The number of halogens is 3. The maximum Gasteiger partial charge on any atom is 0.427 e. The standard InChI is InChI=1S/C25H33F3N4O8S/c1-7-31-14-19(20(30-31)38-8-2)41(36,37)32-13-16(12-23(3,4)21(33)34)39-18-10-9-15(11-17(18)32)29-22(35)40-24(5,6)25(26,27)28/h9-11,14,16H,7-8,12-13H2,1-6H3,(H,29,35)(H,33,34)/t16-/m0/s1. The van der Waals surface area contributed by atoms with Gasteiger partial charge in [0.05, 0.1) is 24.3 Å². The largest absolute Gasteiger partial charge is 0.486 e. The van der Waals surface area contributed by atoms with Gasteiger partial charge in [-0.05, 0) is 59.7 Å². The number of sulfonamides is 1. The molecule has 1 aliphatic rings. The third kappa shape index (κ3) is 6.80. The smallest absolute Gasteiger partial charge is 0.427 e. The molecular formula is C25H33F3N4O8S. The number of carboxylic acids is 1. The first kappa shape index (κ1) is 31.8. The Labute approximate surface area is 235 Å². The molecule has 2 heterocycles. The van der Waals surface area contributed by atoms with Crippen molar-refractivity contribution < 1.29 is 50.5 Å². The van der Waals surface area contributed by atoms with Crippen molar-refractivity contribution in [1.29, 1.82) is 0 Å². The van der Waals surface area contributed by atoms with Crippen molar-refractivity contribution in [2.24, 2.45) is 5.41 Å². The molecule has 2 N–H and O–H groups in total. The highest BCUT2D eigenvalue weighted by Crippen LogP contribution is 2.42. The molecule has 1 aromatic carbocycles. The van der Waals surface area contributed by atoms with Gasteiger partial charge >= 0.3 is 18.2 Å². The summed E-state index contributed by atoms with van der Waals surface area (Å²) in [4.78, 5) is 23.8. The van der Waals surface area contributed by atoms with E-state index in [1.165, 1.54) is 42.9 Å². The highest BCUT2D eigenvalue weighted by molar-refractivity contribution is 7.93. The van der Waals surface area contributed by atoms with Crippen LogP contribution in [0.1, 0.15) is 48.0 Å². The molecule has 41 heavy (non-hydrogen) atoms. The Hall–Kier alpha value is -3.69. The molecule has 0 radical (unpaired) electrons. The van der Waals surface area contributed by atoms with Crippen molar-refractivity contribution in [2.75, 3.05) is 22.8 Å². The number of ether oxygens (including phenoxy) is 3. The number of aromatic nitrogens is 2. The second-order valence-electron chi connectivity index (χ2n) is 10.5. The summed E-state index contributed by atoms with van der Waals surface area (Å²) in [7, 11) is -4.41. The number of aryl methyl sites for hydroxylation is 1. The van der Waals surface area contributed by atoms with Gasteiger partial charge in [0, 0.05) is 24.8 Å². The fourth-order valence-electron chi connectivity index (χ4n) is 3.89. The lowest BCUT2D eigenvalue weighted by Gasteiger charge is -2.37. The molecule has 16 heteroatoms. The summed E-state index contributed by atoms with van der Waals surface area (Å²) in [6, 6.07) is 3.82. The number of benzene rings is 1. The molecule has 0 fully saturated rings. The molecule has 12 nitrogen and oxygen atoms in total. The highest BCUT2D eigenvalue weighted by atomic mass is 32.2. The number of fused-ring (bicyclic) bond motifs is 1. The van der Waals surface area contributed by atoms with Crippen LogP contribution in [0.2, 0.25) is 0 Å². The van der Waals surface area contributed by atoms with E-state index < -0.39 is 45.4 Å². The Morgan fingerprint density at radius 3 is 2.41 bits per heavy atom. The molecule has 1 aliphatic heterocycles. The van der Waals surface area contributed by atoms with Crippen LogP contribution in [0, 0.1) is 5.41 Å². The minimum Gasteiger partial charge on any atom is -0.486 e. The Kier molecular flexibility index (Phi) is 8.77. The molecule has 228 valence electrons. The summed E-state index contributed by atoms with van der Waals surface area (Å²) >= 11 is 0. The number of nitrogens with one attached hydrogen (secondary N) is 1. The third-order valence-corrected chi connectivity index (χ3v) is 8.12. The number of alkyl halides is 3. The molecule has 0 bridgehead atoms. The fourth-order valence-corrected chi connectivity index (χ4v) is 5.47. The molecule has 1 atom stereocenters. The summed E-state index contributed by atoms with van der Waals surface area (Å²) in [5, 5.41) is 16.0. The first-order valence-electron chi connectivity index (χ1n) is 12.7. The fraction of sp³-hybridized carbons (Fsp3) is 0.560. The van der Waals surface area contributed by atoms with Gasteiger partial charge in [0.2, 0.25) is 5.60 Å². The van der Waals surface area contributed by atoms with Crippen molar-refractivity contribution in [3.05, 3.63) is 24.4 Å². The van der Waals surface area contributed by atoms with E-state index >= 15 is 0 Å². The number of rotatable bonds is 10. The Morgan fingerprint density at radius 1 is 1.20 bits per heavy atom. The molecule has 0 spiro atoms. The number of carbonyl (C=O) groups is 2. The Morgan fingerprint density at radius 2 is 1.85 bits per heavy atom. The highest BCUT2D eigenvalue weighted by Gasteiger charge is 2.51. The van der Waals surface area contributed by atoms with Gasteiger partial charge in [-0.2, -0.15) is 13.2 Å². The summed E-state index contributed by atoms with van der Waals surface area (Å²) in [5.41, 5.74) is -4.18. The van der Waals surface area contributed by atoms with Crippen molar-refractivity contribution in [3.63, 3.8) is 0 Å². The van der Waals surface area contributed by atoms with E-state index in [1.807, 2.05) is 0 Å². The SMILES string of the molecule is CCOc1nn(CC)cc1S(=O)(=O)N1C[C@H](CC(C)(C)C(=O)O)Oc2ccc(NC(=O)OC(C)(C)C(F)(F)F)cc21. The van der Waals surface area contributed by atoms with Crippen LogP contribution in [0.4, 0.5) is 29.3 Å². The van der Waals surface area contributed by atoms with Crippen LogP contribution in [-0.2, 0) is 26.1 Å². The number of anilines is 2. The minimum atomic E-state index is -4.83. The lowest BCUT2D eigenvalue weighted by molar-refractivity contribution is -0.242. The lowest BCUT2D eigenvalue weighted by atomic mass is 9.86. The maximum atomic E-state index is 14.0. The number of nitrogens with zero attached hydrogens (tertiary/aromatic N) is 3. The van der Waals surface area contributed by atoms with Crippen LogP contribution in [-0.4, -0.2) is 66.4 Å². The van der Waals surface area contributed by atoms with Gasteiger partial charge in [0.15, 0.2) is 4.90 Å². The van der Waals surface area contributed by atoms with Crippen LogP contribution >= 0.6 is 0 Å². The first-order chi connectivity index (χ1) is 18.8. The Balaban J connectivity index is 2.06. The van der Waals surface area contributed by atoms with Gasteiger partial charge in [-0.15, -0.1) is 5.10 Å². The normalized spacial score (nSPS) is 16.0. The van der Waals surface area contributed by atoms with Gasteiger partial charge < -0.3 is 19.3 Å². The lowest BCUT2D eigenvalue weighted by Crippen LogP contribution is -2.46. The van der Waals surface area contributed by atoms with E-state index in [1.54, 1.807) is 13.8 Å². The molecule has 0 unspecified atom stereocenters. The predicted octanol–water partition coefficient (Wildman–Crippen LogP) is 4.65. The summed E-state index contributed by atoms with van der Waals surface area (Å²) < 4.78 is 85.9. The van der Waals surface area contributed by atoms with Crippen molar-refractivity contribution in [3.8, 4) is 11.6 Å². The molecule has 0 aliphatic carbocycles. The van der Waals surface area contributed by atoms with Crippen LogP contribution in [0.3, 0.4) is 0 Å². The van der Waals surface area contributed by atoms with Crippen LogP contribution in [0.15, 0.2) is 29.3 Å². The van der Waals surface area contributed by atoms with Crippen molar-refractivity contribution in [1.82, 2.24) is 9.78 Å². The second-order valence-corrected chi connectivity index (χ2v) is 12.3. The molecule has 0 saturated carbocycles. The quantitative estimate of drug-likeness (QED) is 0.394. The van der Waals surface area contributed by atoms with Crippen LogP contribution in [0.25, 0.3) is 0 Å². The molecular weight excluding hydrogens is 573 g/mol. The number of amides is 1. The topological polar surface area (TPSA) is 149 Å². The van der Waals surface area contributed by atoms with Crippen molar-refractivity contribution in [2.45, 2.75) is 77.3 Å². The van der Waals surface area contributed by atoms with Crippen molar-refractivity contribution >= 4 is 33.5 Å². The third-order valence-electron chi connectivity index (χ3n) is 6.35. The monoisotopic (exact) mass is 606 g/mol. The first-order valence-corrected chi connectivity index (χ1v) is 14.1. The van der Waals surface area contributed by atoms with E-state index in [-0.39, 0.29) is 47.5 Å². The zero-order chi connectivity index (χ0) is 31.0. The van der Waals surface area contributed by atoms with Gasteiger partial charge in [0.25, 0.3) is 15.9 Å². The zero-order valence-electron chi connectivity index (χ0n) is 23.4. The van der Waals surface area contributed by atoms with E-state index in [9.17, 15) is 36.3 Å². The number of aliphatic carboxylic acids is 1. The van der Waals surface area contributed by atoms with E-state index in [4.69, 9.17) is 9.47 Å². The zero-order valence-corrected chi connectivity index (χ0v) is 24.2. The van der Waals surface area contributed by atoms with Gasteiger partial charge in [-0.25, -0.2) is 13.2 Å². The molecule has 1 amide bonds. The number of hydrogen-bond acceptors (Lipinski definition) is 8. The molecule has 0 saturated heterocycles. The predicted molar refractivity (Wildman–Crippen MR) is 141 cm³/mol. The molecule has 3 rings (SSSR count). The van der Waals surface area contributed by atoms with Gasteiger partial charge in [-0.1, -0.05) is 0 Å². The number of hydrogen-bond donors (Lipinski definition) is 2. The van der Waals surface area contributed by atoms with Gasteiger partial charge in [-0.3, -0.25) is 19.1 Å². The Bertz CT molecular complexity index is 1410. The number of carboxylic acid groups (broad SMARTS) is 1. The van der Waals surface area contributed by atoms with Crippen LogP contribution in [0.5, 0.6) is 11.6 Å². The number of carbonyl (C=O) groups excluding carboxylic acids is 1. The summed E-state index contributed by atoms with van der Waals surface area (Å²) in [6.45, 7) is 7.90. The van der Waals surface area contributed by atoms with Gasteiger partial charge in [0.1, 0.15) is 11.9 Å². The second kappa shape index (κ2) is 11.3. The maximum absolute atomic E-state index is 14.0. The average molecular weight is 607 g/mol. The van der Waals surface area contributed by atoms with Crippen LogP contribution < -0.4 is 19.1 Å².